The predicted molar refractivity (Wildman–Crippen MR) is 52.0 cm³/mol. The summed E-state index contributed by atoms with van der Waals surface area (Å²) in [5.74, 6) is 0. The molecule has 0 atom stereocenters. The van der Waals surface area contributed by atoms with Gasteiger partial charge in [-0.2, -0.15) is 0 Å². The van der Waals surface area contributed by atoms with E-state index in [-0.39, 0.29) is 0 Å². The third-order valence-electron chi connectivity index (χ3n) is 2.57. The smallest absolute Gasteiger partial charge is 0.0978 e. The van der Waals surface area contributed by atoms with Crippen LogP contribution in [0, 0.1) is 0 Å². The summed E-state index contributed by atoms with van der Waals surface area (Å²) in [6.45, 7) is 4.29. The van der Waals surface area contributed by atoms with Gasteiger partial charge in [0.2, 0.25) is 0 Å². The van der Waals surface area contributed by atoms with E-state index < -0.39 is 0 Å². The highest BCUT2D eigenvalue weighted by atomic mass is 16.5. The number of ether oxygens (including phenoxy) is 1. The molecule has 1 fully saturated rings. The Hall–Kier alpha value is -0.460. The quantitative estimate of drug-likeness (QED) is 0.584. The standard InChI is InChI=1S/C11H20O/c1-3-10(2)9-12-11-7-5-4-6-8-11/h9,11H,3-8H2,1-2H3. The van der Waals surface area contributed by atoms with Crippen molar-refractivity contribution in [2.24, 2.45) is 0 Å². The van der Waals surface area contributed by atoms with Crippen molar-refractivity contribution in [1.29, 1.82) is 0 Å². The summed E-state index contributed by atoms with van der Waals surface area (Å²) in [5.41, 5.74) is 1.35. The van der Waals surface area contributed by atoms with Crippen LogP contribution in [0.1, 0.15) is 52.4 Å². The van der Waals surface area contributed by atoms with E-state index in [1.54, 1.807) is 0 Å². The van der Waals surface area contributed by atoms with E-state index in [4.69, 9.17) is 4.74 Å². The van der Waals surface area contributed by atoms with Gasteiger partial charge in [-0.1, -0.05) is 13.3 Å². The van der Waals surface area contributed by atoms with E-state index >= 15 is 0 Å². The Bertz CT molecular complexity index is 143. The SMILES string of the molecule is CCC(C)=COC1CCCCC1. The molecule has 1 aliphatic rings. The van der Waals surface area contributed by atoms with Gasteiger partial charge in [0.25, 0.3) is 0 Å². The molecule has 0 saturated heterocycles. The van der Waals surface area contributed by atoms with E-state index in [2.05, 4.69) is 13.8 Å². The zero-order valence-electron chi connectivity index (χ0n) is 8.31. The molecule has 1 rings (SSSR count). The summed E-state index contributed by atoms with van der Waals surface area (Å²) >= 11 is 0. The molecule has 0 unspecified atom stereocenters. The molecule has 0 N–H and O–H groups in total. The molecular formula is C11H20O. The van der Waals surface area contributed by atoms with Gasteiger partial charge in [0.15, 0.2) is 0 Å². The lowest BCUT2D eigenvalue weighted by atomic mass is 9.98. The van der Waals surface area contributed by atoms with Crippen LogP contribution in [-0.4, -0.2) is 6.10 Å². The van der Waals surface area contributed by atoms with Crippen molar-refractivity contribution in [2.75, 3.05) is 0 Å². The lowest BCUT2D eigenvalue weighted by molar-refractivity contribution is 0.104. The fraction of sp³-hybridized carbons (Fsp3) is 0.818. The number of allylic oxidation sites excluding steroid dienone is 1. The molecule has 1 aliphatic carbocycles. The average molecular weight is 168 g/mol. The van der Waals surface area contributed by atoms with Gasteiger partial charge in [-0.15, -0.1) is 0 Å². The minimum Gasteiger partial charge on any atom is -0.498 e. The minimum absolute atomic E-state index is 0.514. The maximum Gasteiger partial charge on any atom is 0.0978 e. The van der Waals surface area contributed by atoms with Crippen molar-refractivity contribution >= 4 is 0 Å². The lowest BCUT2D eigenvalue weighted by Crippen LogP contribution is -2.13. The molecule has 0 aromatic carbocycles. The molecule has 0 heterocycles. The third kappa shape index (κ3) is 3.29. The fourth-order valence-corrected chi connectivity index (χ4v) is 1.50. The van der Waals surface area contributed by atoms with E-state index in [1.807, 2.05) is 6.26 Å². The normalized spacial score (nSPS) is 21.0. The Balaban J connectivity index is 2.21. The van der Waals surface area contributed by atoms with Gasteiger partial charge in [0, 0.05) is 0 Å². The Kier molecular flexibility index (Phi) is 4.20. The van der Waals surface area contributed by atoms with Crippen LogP contribution < -0.4 is 0 Å². The van der Waals surface area contributed by atoms with Crippen molar-refractivity contribution in [1.82, 2.24) is 0 Å². The molecule has 0 spiro atoms. The first kappa shape index (κ1) is 9.63. The molecule has 70 valence electrons. The second-order valence-corrected chi connectivity index (χ2v) is 3.71. The summed E-state index contributed by atoms with van der Waals surface area (Å²) in [6, 6.07) is 0. The first-order chi connectivity index (χ1) is 5.83. The van der Waals surface area contributed by atoms with Gasteiger partial charge in [0.1, 0.15) is 0 Å². The second-order valence-electron chi connectivity index (χ2n) is 3.71. The molecule has 0 bridgehead atoms. The molecule has 0 aromatic heterocycles. The van der Waals surface area contributed by atoms with Crippen LogP contribution in [0.15, 0.2) is 11.8 Å². The highest BCUT2D eigenvalue weighted by molar-refractivity contribution is 4.91. The summed E-state index contributed by atoms with van der Waals surface area (Å²) in [4.78, 5) is 0. The maximum absolute atomic E-state index is 5.67. The average Bonchev–Trinajstić information content (AvgIpc) is 2.16. The van der Waals surface area contributed by atoms with Crippen molar-refractivity contribution in [3.8, 4) is 0 Å². The van der Waals surface area contributed by atoms with E-state index in [9.17, 15) is 0 Å². The zero-order chi connectivity index (χ0) is 8.81. The molecule has 1 saturated carbocycles. The van der Waals surface area contributed by atoms with Crippen LogP contribution in [0.25, 0.3) is 0 Å². The largest absolute Gasteiger partial charge is 0.498 e. The van der Waals surface area contributed by atoms with Crippen LogP contribution in [0.2, 0.25) is 0 Å². The van der Waals surface area contributed by atoms with Crippen LogP contribution in [-0.2, 0) is 4.74 Å². The van der Waals surface area contributed by atoms with Gasteiger partial charge in [0.05, 0.1) is 12.4 Å². The van der Waals surface area contributed by atoms with Crippen LogP contribution in [0.5, 0.6) is 0 Å². The van der Waals surface area contributed by atoms with Crippen LogP contribution >= 0.6 is 0 Å². The number of hydrogen-bond acceptors (Lipinski definition) is 1. The molecule has 0 amide bonds. The van der Waals surface area contributed by atoms with Crippen molar-refractivity contribution in [3.63, 3.8) is 0 Å². The summed E-state index contributed by atoms with van der Waals surface area (Å²) in [6.07, 6.45) is 10.2. The second kappa shape index (κ2) is 5.23. The topological polar surface area (TPSA) is 9.23 Å². The zero-order valence-corrected chi connectivity index (χ0v) is 8.31. The predicted octanol–water partition coefficient (Wildman–Crippen LogP) is 3.65. The molecule has 1 nitrogen and oxygen atoms in total. The van der Waals surface area contributed by atoms with E-state index in [0.717, 1.165) is 6.42 Å². The molecule has 12 heavy (non-hydrogen) atoms. The number of rotatable bonds is 3. The molecule has 1 heteroatoms. The van der Waals surface area contributed by atoms with Gasteiger partial charge in [-0.05, 0) is 44.6 Å². The fourth-order valence-electron chi connectivity index (χ4n) is 1.50. The monoisotopic (exact) mass is 168 g/mol. The van der Waals surface area contributed by atoms with Crippen molar-refractivity contribution in [2.45, 2.75) is 58.5 Å². The molecule has 0 aromatic rings. The van der Waals surface area contributed by atoms with Crippen molar-refractivity contribution in [3.05, 3.63) is 11.8 Å². The van der Waals surface area contributed by atoms with Gasteiger partial charge >= 0.3 is 0 Å². The summed E-state index contributed by atoms with van der Waals surface area (Å²) in [7, 11) is 0. The maximum atomic E-state index is 5.67. The Morgan fingerprint density at radius 1 is 1.33 bits per heavy atom. The van der Waals surface area contributed by atoms with Crippen LogP contribution in [0.4, 0.5) is 0 Å². The van der Waals surface area contributed by atoms with Crippen LogP contribution in [0.3, 0.4) is 0 Å². The van der Waals surface area contributed by atoms with E-state index in [0.29, 0.717) is 6.10 Å². The third-order valence-corrected chi connectivity index (χ3v) is 2.57. The number of hydrogen-bond donors (Lipinski definition) is 0. The molecule has 0 aliphatic heterocycles. The van der Waals surface area contributed by atoms with Gasteiger partial charge < -0.3 is 4.74 Å². The van der Waals surface area contributed by atoms with E-state index in [1.165, 1.54) is 37.7 Å². The Morgan fingerprint density at radius 3 is 2.58 bits per heavy atom. The summed E-state index contributed by atoms with van der Waals surface area (Å²) < 4.78 is 5.67. The summed E-state index contributed by atoms with van der Waals surface area (Å²) in [5, 5.41) is 0. The first-order valence-corrected chi connectivity index (χ1v) is 5.14. The molecule has 0 radical (unpaired) electrons. The van der Waals surface area contributed by atoms with Gasteiger partial charge in [-0.25, -0.2) is 0 Å². The lowest BCUT2D eigenvalue weighted by Gasteiger charge is -2.21. The highest BCUT2D eigenvalue weighted by Gasteiger charge is 2.12. The first-order valence-electron chi connectivity index (χ1n) is 5.14. The molecular weight excluding hydrogens is 148 g/mol. The highest BCUT2D eigenvalue weighted by Crippen LogP contribution is 2.20. The Morgan fingerprint density at radius 2 is 2.00 bits per heavy atom. The minimum atomic E-state index is 0.514. The Labute approximate surface area is 75.8 Å². The van der Waals surface area contributed by atoms with Gasteiger partial charge in [-0.3, -0.25) is 0 Å². The van der Waals surface area contributed by atoms with Crippen molar-refractivity contribution < 1.29 is 4.74 Å².